The highest BCUT2D eigenvalue weighted by Gasteiger charge is 2.06. The van der Waals surface area contributed by atoms with Crippen molar-refractivity contribution in [2.45, 2.75) is 26.7 Å². The van der Waals surface area contributed by atoms with E-state index in [1.165, 1.54) is 5.56 Å². The summed E-state index contributed by atoms with van der Waals surface area (Å²) < 4.78 is 0. The maximum absolute atomic E-state index is 4.26. The van der Waals surface area contributed by atoms with E-state index >= 15 is 0 Å². The second-order valence-corrected chi connectivity index (χ2v) is 3.55. The van der Waals surface area contributed by atoms with Crippen LogP contribution in [0.15, 0.2) is 23.5 Å². The Hall–Kier alpha value is -1.44. The van der Waals surface area contributed by atoms with Gasteiger partial charge >= 0.3 is 0 Å². The molecule has 1 heterocycles. The quantitative estimate of drug-likeness (QED) is 0.669. The molecule has 0 atom stereocenters. The first-order valence-electron chi connectivity index (χ1n) is 4.74. The SMILES string of the molecule is C=N/C=C\c1c(C(C)C)ccnc1C. The van der Waals surface area contributed by atoms with E-state index in [2.05, 4.69) is 36.6 Å². The lowest BCUT2D eigenvalue weighted by Crippen LogP contribution is -1.96. The van der Waals surface area contributed by atoms with Crippen LogP contribution >= 0.6 is 0 Å². The molecular weight excluding hydrogens is 172 g/mol. The first kappa shape index (κ1) is 10.6. The predicted octanol–water partition coefficient (Wildman–Crippen LogP) is 3.18. The van der Waals surface area contributed by atoms with Gasteiger partial charge in [-0.1, -0.05) is 13.8 Å². The highest BCUT2D eigenvalue weighted by atomic mass is 14.7. The van der Waals surface area contributed by atoms with Crippen LogP contribution in [0.2, 0.25) is 0 Å². The van der Waals surface area contributed by atoms with Crippen molar-refractivity contribution >= 4 is 12.8 Å². The molecule has 0 saturated heterocycles. The third-order valence-electron chi connectivity index (χ3n) is 2.19. The molecule has 0 aliphatic rings. The summed E-state index contributed by atoms with van der Waals surface area (Å²) in [6.07, 6.45) is 5.52. The zero-order valence-corrected chi connectivity index (χ0v) is 8.99. The van der Waals surface area contributed by atoms with E-state index < -0.39 is 0 Å². The standard InChI is InChI=1S/C12H16N2/c1-9(2)11-6-8-14-10(3)12(11)5-7-13-4/h5-9H,4H2,1-3H3/b7-5-. The lowest BCUT2D eigenvalue weighted by atomic mass is 9.97. The average Bonchev–Trinajstić information content (AvgIpc) is 2.15. The van der Waals surface area contributed by atoms with Crippen LogP contribution in [0, 0.1) is 6.92 Å². The zero-order chi connectivity index (χ0) is 10.6. The van der Waals surface area contributed by atoms with Gasteiger partial charge in [0.2, 0.25) is 0 Å². The van der Waals surface area contributed by atoms with E-state index in [1.807, 2.05) is 19.2 Å². The van der Waals surface area contributed by atoms with Gasteiger partial charge in [0.05, 0.1) is 0 Å². The summed E-state index contributed by atoms with van der Waals surface area (Å²) in [7, 11) is 0. The van der Waals surface area contributed by atoms with E-state index in [1.54, 1.807) is 6.20 Å². The Balaban J connectivity index is 3.21. The van der Waals surface area contributed by atoms with Crippen molar-refractivity contribution in [3.8, 4) is 0 Å². The Morgan fingerprint density at radius 1 is 1.50 bits per heavy atom. The fraction of sp³-hybridized carbons (Fsp3) is 0.333. The van der Waals surface area contributed by atoms with E-state index in [0.29, 0.717) is 5.92 Å². The summed E-state index contributed by atoms with van der Waals surface area (Å²) in [5.41, 5.74) is 3.50. The number of aliphatic imine (C=N–C) groups is 1. The van der Waals surface area contributed by atoms with Crippen LogP contribution < -0.4 is 0 Å². The molecule has 2 heteroatoms. The number of nitrogens with zero attached hydrogens (tertiary/aromatic N) is 2. The summed E-state index contributed by atoms with van der Waals surface area (Å²) in [5.74, 6) is 0.501. The van der Waals surface area contributed by atoms with Crippen LogP contribution in [0.4, 0.5) is 0 Å². The molecule has 0 fully saturated rings. The molecule has 1 aromatic rings. The van der Waals surface area contributed by atoms with E-state index in [9.17, 15) is 0 Å². The first-order valence-corrected chi connectivity index (χ1v) is 4.74. The van der Waals surface area contributed by atoms with Crippen molar-refractivity contribution in [1.82, 2.24) is 4.98 Å². The second-order valence-electron chi connectivity index (χ2n) is 3.55. The van der Waals surface area contributed by atoms with Gasteiger partial charge in [-0.2, -0.15) is 0 Å². The van der Waals surface area contributed by atoms with Gasteiger partial charge in [-0.25, -0.2) is 0 Å². The van der Waals surface area contributed by atoms with Gasteiger partial charge in [0.1, 0.15) is 0 Å². The molecule has 2 nitrogen and oxygen atoms in total. The lowest BCUT2D eigenvalue weighted by molar-refractivity contribution is 0.855. The zero-order valence-electron chi connectivity index (χ0n) is 8.99. The van der Waals surface area contributed by atoms with Crippen LogP contribution in [0.25, 0.3) is 6.08 Å². The average molecular weight is 188 g/mol. The van der Waals surface area contributed by atoms with Crippen molar-refractivity contribution in [3.05, 3.63) is 35.3 Å². The van der Waals surface area contributed by atoms with Crippen molar-refractivity contribution in [2.24, 2.45) is 4.99 Å². The second kappa shape index (κ2) is 4.70. The number of aryl methyl sites for hydroxylation is 1. The predicted molar refractivity (Wildman–Crippen MR) is 61.6 cm³/mol. The molecule has 0 aromatic carbocycles. The van der Waals surface area contributed by atoms with Crippen molar-refractivity contribution in [2.75, 3.05) is 0 Å². The summed E-state index contributed by atoms with van der Waals surface area (Å²) in [5, 5.41) is 0. The monoisotopic (exact) mass is 188 g/mol. The van der Waals surface area contributed by atoms with Crippen molar-refractivity contribution in [3.63, 3.8) is 0 Å². The number of hydrogen-bond donors (Lipinski definition) is 0. The molecule has 1 aromatic heterocycles. The van der Waals surface area contributed by atoms with Crippen LogP contribution in [0.5, 0.6) is 0 Å². The van der Waals surface area contributed by atoms with E-state index in [0.717, 1.165) is 11.3 Å². The minimum absolute atomic E-state index is 0.501. The fourth-order valence-corrected chi connectivity index (χ4v) is 1.45. The molecule has 0 spiro atoms. The van der Waals surface area contributed by atoms with Gasteiger partial charge < -0.3 is 0 Å². The number of rotatable bonds is 3. The minimum atomic E-state index is 0.501. The summed E-state index contributed by atoms with van der Waals surface area (Å²) >= 11 is 0. The van der Waals surface area contributed by atoms with Gasteiger partial charge in [0.25, 0.3) is 0 Å². The van der Waals surface area contributed by atoms with Gasteiger partial charge in [0, 0.05) is 23.7 Å². The molecule has 14 heavy (non-hydrogen) atoms. The Morgan fingerprint density at radius 2 is 2.21 bits per heavy atom. The topological polar surface area (TPSA) is 25.2 Å². The molecule has 1 rings (SSSR count). The Kier molecular flexibility index (Phi) is 3.57. The highest BCUT2D eigenvalue weighted by Crippen LogP contribution is 2.22. The molecule has 0 radical (unpaired) electrons. The molecule has 0 N–H and O–H groups in total. The summed E-state index contributed by atoms with van der Waals surface area (Å²) in [4.78, 5) is 7.98. The fourth-order valence-electron chi connectivity index (χ4n) is 1.45. The van der Waals surface area contributed by atoms with E-state index in [4.69, 9.17) is 0 Å². The van der Waals surface area contributed by atoms with Gasteiger partial charge in [-0.3, -0.25) is 9.98 Å². The summed E-state index contributed by atoms with van der Waals surface area (Å²) in [6, 6.07) is 2.06. The Morgan fingerprint density at radius 3 is 2.79 bits per heavy atom. The molecule has 0 aliphatic heterocycles. The Labute approximate surface area is 85.4 Å². The smallest absolute Gasteiger partial charge is 0.0448 e. The van der Waals surface area contributed by atoms with Crippen LogP contribution in [0.3, 0.4) is 0 Å². The van der Waals surface area contributed by atoms with Gasteiger partial charge in [0.15, 0.2) is 0 Å². The van der Waals surface area contributed by atoms with Crippen LogP contribution in [0.1, 0.15) is 36.6 Å². The largest absolute Gasteiger partial charge is 0.272 e. The number of pyridine rings is 1. The number of hydrogen-bond acceptors (Lipinski definition) is 2. The van der Waals surface area contributed by atoms with Crippen LogP contribution in [-0.2, 0) is 0 Å². The maximum Gasteiger partial charge on any atom is 0.0448 e. The first-order chi connectivity index (χ1) is 6.66. The lowest BCUT2D eigenvalue weighted by Gasteiger charge is -2.10. The minimum Gasteiger partial charge on any atom is -0.272 e. The molecule has 0 aliphatic carbocycles. The number of aromatic nitrogens is 1. The molecular formula is C12H16N2. The van der Waals surface area contributed by atoms with Gasteiger partial charge in [-0.05, 0) is 37.3 Å². The van der Waals surface area contributed by atoms with Gasteiger partial charge in [-0.15, -0.1) is 0 Å². The van der Waals surface area contributed by atoms with Crippen molar-refractivity contribution < 1.29 is 0 Å². The normalized spacial score (nSPS) is 11.1. The molecule has 0 saturated carbocycles. The molecule has 74 valence electrons. The third-order valence-corrected chi connectivity index (χ3v) is 2.19. The highest BCUT2D eigenvalue weighted by molar-refractivity contribution is 5.57. The van der Waals surface area contributed by atoms with Crippen LogP contribution in [-0.4, -0.2) is 11.7 Å². The molecule has 0 bridgehead atoms. The Bertz CT molecular complexity index is 351. The summed E-state index contributed by atoms with van der Waals surface area (Å²) in [6.45, 7) is 9.78. The van der Waals surface area contributed by atoms with Crippen molar-refractivity contribution in [1.29, 1.82) is 0 Å². The molecule has 0 unspecified atom stereocenters. The maximum atomic E-state index is 4.26. The molecule has 0 amide bonds. The third kappa shape index (κ3) is 2.28. The van der Waals surface area contributed by atoms with E-state index in [-0.39, 0.29) is 0 Å².